The lowest BCUT2D eigenvalue weighted by molar-refractivity contribution is 0.381. The van der Waals surface area contributed by atoms with Gasteiger partial charge in [-0.2, -0.15) is 16.8 Å². The van der Waals surface area contributed by atoms with Gasteiger partial charge in [-0.3, -0.25) is 13.7 Å². The van der Waals surface area contributed by atoms with Gasteiger partial charge < -0.3 is 5.73 Å². The highest BCUT2D eigenvalue weighted by Crippen LogP contribution is 2.34. The van der Waals surface area contributed by atoms with Crippen LogP contribution in [0.4, 0.5) is 5.69 Å². The molecule has 5 N–H and O–H groups in total. The Morgan fingerprint density at radius 2 is 1.44 bits per heavy atom. The first kappa shape index (κ1) is 21.3. The summed E-state index contributed by atoms with van der Waals surface area (Å²) in [6, 6.07) is 7.03. The van der Waals surface area contributed by atoms with Gasteiger partial charge in [0.1, 0.15) is 4.90 Å². The molecule has 0 spiro atoms. The van der Waals surface area contributed by atoms with Crippen LogP contribution < -0.4 is 5.73 Å². The molecule has 140 valence electrons. The van der Waals surface area contributed by atoms with Crippen LogP contribution in [0.1, 0.15) is 6.92 Å². The van der Waals surface area contributed by atoms with Crippen molar-refractivity contribution >= 4 is 46.8 Å². The Kier molecular flexibility index (Phi) is 6.15. The van der Waals surface area contributed by atoms with Crippen molar-refractivity contribution in [1.82, 2.24) is 0 Å². The molecule has 0 aliphatic heterocycles. The smallest absolute Gasteiger partial charge is 0.394 e. The molecule has 0 radical (unpaired) electrons. The van der Waals surface area contributed by atoms with Crippen LogP contribution in [0.25, 0.3) is 10.8 Å². The van der Waals surface area contributed by atoms with Crippen molar-refractivity contribution in [2.45, 2.75) is 16.7 Å². The van der Waals surface area contributed by atoms with Crippen molar-refractivity contribution in [1.29, 1.82) is 0 Å². The Labute approximate surface area is 144 Å². The van der Waals surface area contributed by atoms with Crippen molar-refractivity contribution in [3.05, 3.63) is 30.3 Å². The second-order valence-electron chi connectivity index (χ2n) is 4.66. The highest BCUT2D eigenvalue weighted by Gasteiger charge is 2.24. The van der Waals surface area contributed by atoms with Crippen LogP contribution in [0.2, 0.25) is 0 Å². The van der Waals surface area contributed by atoms with E-state index in [0.717, 1.165) is 6.07 Å². The van der Waals surface area contributed by atoms with Gasteiger partial charge in [-0.25, -0.2) is 8.42 Å². The fraction of sp³-hybridized carbons (Fsp3) is 0.167. The molecule has 2 aromatic carbocycles. The van der Waals surface area contributed by atoms with E-state index in [9.17, 15) is 21.4 Å². The second-order valence-corrected chi connectivity index (χ2v) is 9.17. The Balaban J connectivity index is 0.000000550. The molecular weight excluding hydrogens is 398 g/mol. The average Bonchev–Trinajstić information content (AvgIpc) is 2.43. The van der Waals surface area contributed by atoms with Crippen LogP contribution >= 0.6 is 0 Å². The number of sulfone groups is 1. The van der Waals surface area contributed by atoms with Crippen molar-refractivity contribution < 1.29 is 38.9 Å². The molecule has 25 heavy (non-hydrogen) atoms. The predicted molar refractivity (Wildman–Crippen MR) is 90.1 cm³/mol. The van der Waals surface area contributed by atoms with E-state index in [1.807, 2.05) is 0 Å². The molecule has 0 saturated carbocycles. The highest BCUT2D eigenvalue weighted by molar-refractivity contribution is 7.92. The first-order chi connectivity index (χ1) is 11.2. The lowest BCUT2D eigenvalue weighted by Crippen LogP contribution is -2.10. The molecule has 10 nitrogen and oxygen atoms in total. The maximum absolute atomic E-state index is 12.2. The van der Waals surface area contributed by atoms with E-state index >= 15 is 0 Å². The van der Waals surface area contributed by atoms with E-state index in [2.05, 4.69) is 0 Å². The number of rotatable bonds is 3. The summed E-state index contributed by atoms with van der Waals surface area (Å²) in [5.41, 5.74) is 5.66. The third-order valence-corrected chi connectivity index (χ3v) is 5.68. The minimum atomic E-state index is -4.67. The topological polar surface area (TPSA) is 189 Å². The normalized spacial score (nSPS) is 12.5. The number of nitrogen functional groups attached to an aromatic ring is 1. The minimum Gasteiger partial charge on any atom is -0.398 e. The quantitative estimate of drug-likeness (QED) is 0.414. The van der Waals surface area contributed by atoms with Crippen molar-refractivity contribution in [3.8, 4) is 0 Å². The summed E-state index contributed by atoms with van der Waals surface area (Å²) in [6.07, 6.45) is 0. The van der Waals surface area contributed by atoms with Crippen LogP contribution in [0.3, 0.4) is 0 Å². The van der Waals surface area contributed by atoms with Crippen LogP contribution in [0.5, 0.6) is 0 Å². The lowest BCUT2D eigenvalue weighted by atomic mass is 10.1. The summed E-state index contributed by atoms with van der Waals surface area (Å²) >= 11 is 0. The van der Waals surface area contributed by atoms with Crippen LogP contribution in [0, 0.1) is 0 Å². The predicted octanol–water partition coefficient (Wildman–Crippen LogP) is 0.810. The van der Waals surface area contributed by atoms with E-state index in [0.29, 0.717) is 5.39 Å². The summed E-state index contributed by atoms with van der Waals surface area (Å²) < 4.78 is 88.1. The zero-order chi connectivity index (χ0) is 19.6. The second kappa shape index (κ2) is 7.23. The van der Waals surface area contributed by atoms with Crippen molar-refractivity contribution in [2.24, 2.45) is 0 Å². The Bertz CT molecular complexity index is 1100. The van der Waals surface area contributed by atoms with Crippen LogP contribution in [-0.2, 0) is 30.4 Å². The number of fused-ring (bicyclic) bond motifs is 1. The van der Waals surface area contributed by atoms with E-state index in [-0.39, 0.29) is 21.7 Å². The molecule has 0 aliphatic carbocycles. The van der Waals surface area contributed by atoms with E-state index in [4.69, 9.17) is 23.3 Å². The maximum Gasteiger partial charge on any atom is 0.394 e. The van der Waals surface area contributed by atoms with Gasteiger partial charge in [0.2, 0.25) is 0 Å². The fourth-order valence-electron chi connectivity index (χ4n) is 2.02. The Hall–Kier alpha value is -1.77. The molecule has 0 fully saturated rings. The number of benzene rings is 2. The largest absolute Gasteiger partial charge is 0.398 e. The number of anilines is 1. The SMILES string of the molecule is CCS(=O)(=O)c1c(N)ccc2cccc(S(=O)(=O)O)c12.O=S(=O)(O)O. The van der Waals surface area contributed by atoms with Gasteiger partial charge in [-0.15, -0.1) is 0 Å². The number of hydrogen-bond acceptors (Lipinski definition) is 7. The van der Waals surface area contributed by atoms with Gasteiger partial charge in [0.05, 0.1) is 16.3 Å². The van der Waals surface area contributed by atoms with Crippen molar-refractivity contribution in [3.63, 3.8) is 0 Å². The van der Waals surface area contributed by atoms with Crippen LogP contribution in [-0.4, -0.2) is 44.7 Å². The van der Waals surface area contributed by atoms with Gasteiger partial charge in [-0.05, 0) is 17.5 Å². The highest BCUT2D eigenvalue weighted by atomic mass is 32.3. The third-order valence-electron chi connectivity index (χ3n) is 2.96. The van der Waals surface area contributed by atoms with Gasteiger partial charge in [0, 0.05) is 5.39 Å². The van der Waals surface area contributed by atoms with E-state index in [1.54, 1.807) is 6.07 Å². The molecule has 2 rings (SSSR count). The standard InChI is InChI=1S/C12H13NO5S2.H2O4S/c1-2-19(14,15)12-9(13)7-6-8-4-3-5-10(11(8)12)20(16,17)18;1-5(2,3)4/h3-7H,2,13H2,1H3,(H,16,17,18);(H2,1,2,3,4). The van der Waals surface area contributed by atoms with Crippen LogP contribution in [0.15, 0.2) is 40.1 Å². The number of hydrogen-bond donors (Lipinski definition) is 4. The Morgan fingerprint density at radius 3 is 1.88 bits per heavy atom. The molecule has 0 atom stereocenters. The third kappa shape index (κ3) is 5.62. The zero-order valence-electron chi connectivity index (χ0n) is 12.7. The molecular formula is C12H15NO9S3. The summed E-state index contributed by atoms with van der Waals surface area (Å²) in [5.74, 6) is -0.226. The fourth-order valence-corrected chi connectivity index (χ4v) is 4.07. The van der Waals surface area contributed by atoms with Gasteiger partial charge in [-0.1, -0.05) is 25.1 Å². The summed E-state index contributed by atoms with van der Waals surface area (Å²) in [5, 5.41) is 0.304. The summed E-state index contributed by atoms with van der Waals surface area (Å²) in [7, 11) is -13.0. The zero-order valence-corrected chi connectivity index (χ0v) is 15.1. The maximum atomic E-state index is 12.2. The molecule has 0 saturated heterocycles. The molecule has 0 aromatic heterocycles. The van der Waals surface area contributed by atoms with Gasteiger partial charge in [0.15, 0.2) is 9.84 Å². The van der Waals surface area contributed by atoms with E-state index < -0.39 is 35.2 Å². The minimum absolute atomic E-state index is 0.0459. The van der Waals surface area contributed by atoms with E-state index in [1.165, 1.54) is 25.1 Å². The summed E-state index contributed by atoms with van der Waals surface area (Å²) in [6.45, 7) is 1.43. The lowest BCUT2D eigenvalue weighted by Gasteiger charge is -2.12. The monoisotopic (exact) mass is 413 g/mol. The molecule has 13 heteroatoms. The Morgan fingerprint density at radius 1 is 0.920 bits per heavy atom. The number of nitrogens with two attached hydrogens (primary N) is 1. The molecule has 0 unspecified atom stereocenters. The molecule has 0 bridgehead atoms. The van der Waals surface area contributed by atoms with Gasteiger partial charge in [0.25, 0.3) is 10.1 Å². The molecule has 0 aliphatic rings. The molecule has 0 heterocycles. The first-order valence-electron chi connectivity index (χ1n) is 6.40. The van der Waals surface area contributed by atoms with Gasteiger partial charge >= 0.3 is 10.4 Å². The first-order valence-corrected chi connectivity index (χ1v) is 10.9. The molecule has 0 amide bonds. The average molecular weight is 413 g/mol. The molecule has 2 aromatic rings. The van der Waals surface area contributed by atoms with Crippen molar-refractivity contribution in [2.75, 3.05) is 11.5 Å². The summed E-state index contributed by atoms with van der Waals surface area (Å²) in [4.78, 5) is -0.722.